The van der Waals surface area contributed by atoms with Crippen LogP contribution in [0.25, 0.3) is 0 Å². The number of nitrogens with one attached hydrogen (secondary N) is 2. The van der Waals surface area contributed by atoms with Crippen molar-refractivity contribution >= 4 is 55.5 Å². The van der Waals surface area contributed by atoms with E-state index in [4.69, 9.17) is 9.05 Å². The van der Waals surface area contributed by atoms with Crippen molar-refractivity contribution in [2.24, 2.45) is 9.98 Å². The third-order valence-electron chi connectivity index (χ3n) is 6.57. The second-order valence-electron chi connectivity index (χ2n) is 10.4. The van der Waals surface area contributed by atoms with E-state index in [0.717, 1.165) is 0 Å². The van der Waals surface area contributed by atoms with Crippen LogP contribution in [0.15, 0.2) is 138 Å². The fraction of sp³-hybridized carbons (Fsp3) is 0.0588. The second kappa shape index (κ2) is 16.8. The molecule has 17 heteroatoms. The van der Waals surface area contributed by atoms with Gasteiger partial charge in [-0.05, 0) is 73.5 Å². The molecule has 0 amide bonds. The van der Waals surface area contributed by atoms with Crippen LogP contribution < -0.4 is 19.7 Å². The van der Waals surface area contributed by atoms with Gasteiger partial charge in [-0.25, -0.2) is 16.8 Å². The van der Waals surface area contributed by atoms with Crippen LogP contribution in [0.3, 0.4) is 0 Å². The Labute approximate surface area is 303 Å². The molecule has 51 heavy (non-hydrogen) atoms. The average Bonchev–Trinajstić information content (AvgIpc) is 3.70. The Bertz CT molecular complexity index is 2190. The van der Waals surface area contributed by atoms with Crippen molar-refractivity contribution in [2.45, 2.75) is 23.6 Å². The molecule has 0 unspecified atom stereocenters. The summed E-state index contributed by atoms with van der Waals surface area (Å²) >= 11 is 0. The van der Waals surface area contributed by atoms with Gasteiger partial charge in [0.05, 0.1) is 21.2 Å². The fourth-order valence-corrected chi connectivity index (χ4v) is 6.07. The molecular weight excluding hydrogens is 743 g/mol. The number of hydrogen-bond acceptors (Lipinski definition) is 12. The molecular formula is C34H28N6NiO8S2. The predicted molar refractivity (Wildman–Crippen MR) is 183 cm³/mol. The fourth-order valence-electron chi connectivity index (χ4n) is 4.11. The second-order valence-corrected chi connectivity index (χ2v) is 13.8. The van der Waals surface area contributed by atoms with Gasteiger partial charge in [-0.2, -0.15) is 0 Å². The third kappa shape index (κ3) is 10.6. The van der Waals surface area contributed by atoms with Crippen molar-refractivity contribution < 1.29 is 52.6 Å². The molecule has 0 bridgehead atoms. The minimum Gasteiger partial charge on any atom is -0.872 e. The van der Waals surface area contributed by atoms with Gasteiger partial charge < -0.3 is 19.3 Å². The summed E-state index contributed by atoms with van der Waals surface area (Å²) in [5.41, 5.74) is 1.98. The summed E-state index contributed by atoms with van der Waals surface area (Å²) in [4.78, 5) is 8.49. The number of aryl methyl sites for hydroxylation is 2. The van der Waals surface area contributed by atoms with Crippen LogP contribution in [0.4, 0.5) is 23.0 Å². The van der Waals surface area contributed by atoms with Crippen molar-refractivity contribution in [1.82, 2.24) is 10.3 Å². The maximum absolute atomic E-state index is 12.3. The normalized spacial score (nSPS) is 11.5. The predicted octanol–water partition coefficient (Wildman–Crippen LogP) is 5.21. The summed E-state index contributed by atoms with van der Waals surface area (Å²) in [7, 11) is -7.53. The van der Waals surface area contributed by atoms with Crippen LogP contribution >= 0.6 is 0 Å². The van der Waals surface area contributed by atoms with Crippen molar-refractivity contribution in [1.29, 1.82) is 0 Å². The van der Waals surface area contributed by atoms with Gasteiger partial charge in [0.2, 0.25) is 0 Å². The van der Waals surface area contributed by atoms with E-state index in [1.165, 1.54) is 61.0 Å². The van der Waals surface area contributed by atoms with Crippen molar-refractivity contribution in [3.05, 3.63) is 132 Å². The molecule has 6 rings (SSSR count). The molecule has 0 saturated carbocycles. The Hall–Kier alpha value is -5.77. The van der Waals surface area contributed by atoms with Gasteiger partial charge in [-0.15, -0.1) is 11.5 Å². The first-order chi connectivity index (χ1) is 23.9. The Morgan fingerprint density at radius 2 is 0.941 bits per heavy atom. The zero-order valence-corrected chi connectivity index (χ0v) is 29.4. The number of nitrogens with zero attached hydrogens (tertiary/aromatic N) is 4. The topological polar surface area (TPSA) is 215 Å². The van der Waals surface area contributed by atoms with Crippen LogP contribution in [0.5, 0.6) is 11.5 Å². The molecule has 0 fully saturated rings. The molecule has 0 aliphatic rings. The standard InChI is InChI=1S/2C17H15N3O4S.Ni/c2*1-12-10-17(19-24-12)20-25(22,23)15-8-6-14(7-9-15)18-11-13-4-2-3-5-16(13)21;/h2*2-11,21H,1H3,(H,19,20);/q;;+2/p-2. The number of aliphatic imine (C=N–C) groups is 2. The summed E-state index contributed by atoms with van der Waals surface area (Å²) in [6.07, 6.45) is 2.89. The average molecular weight is 771 g/mol. The zero-order chi connectivity index (χ0) is 35.7. The van der Waals surface area contributed by atoms with Crippen molar-refractivity contribution in [2.75, 3.05) is 9.44 Å². The molecule has 0 aliphatic heterocycles. The van der Waals surface area contributed by atoms with Crippen LogP contribution in [0.2, 0.25) is 0 Å². The van der Waals surface area contributed by atoms with E-state index >= 15 is 0 Å². The van der Waals surface area contributed by atoms with E-state index < -0.39 is 20.0 Å². The number of rotatable bonds is 10. The molecule has 6 aromatic rings. The number of para-hydroxylation sites is 2. The Balaban J connectivity index is 0.000000224. The SMILES string of the molecule is Cc1cc(NS(=O)(=O)c2ccc(N=Cc3ccccc3[O-])cc2)no1.Cc1cc(NS(=O)(=O)c2ccc(N=Cc3ccccc3[O-])cc2)no1.[Ni+2]. The molecule has 0 saturated heterocycles. The van der Waals surface area contributed by atoms with Gasteiger partial charge in [-0.1, -0.05) is 58.8 Å². The summed E-state index contributed by atoms with van der Waals surface area (Å²) in [5.74, 6) is 0.982. The minimum absolute atomic E-state index is 0. The third-order valence-corrected chi connectivity index (χ3v) is 9.31. The van der Waals surface area contributed by atoms with E-state index in [-0.39, 0.29) is 49.4 Å². The summed E-state index contributed by atoms with van der Waals surface area (Å²) in [5, 5.41) is 30.4. The first-order valence-electron chi connectivity index (χ1n) is 14.6. The largest absolute Gasteiger partial charge is 2.00 e. The number of sulfonamides is 2. The monoisotopic (exact) mass is 770 g/mol. The smallest absolute Gasteiger partial charge is 0.872 e. The van der Waals surface area contributed by atoms with Gasteiger partial charge in [0.25, 0.3) is 20.0 Å². The first kappa shape index (κ1) is 38.0. The maximum atomic E-state index is 12.3. The number of benzene rings is 4. The Morgan fingerprint density at radius 3 is 1.25 bits per heavy atom. The van der Waals surface area contributed by atoms with Crippen LogP contribution in [0, 0.1) is 13.8 Å². The van der Waals surface area contributed by atoms with Gasteiger partial charge in [0.15, 0.2) is 11.6 Å². The molecule has 4 aromatic carbocycles. The molecule has 2 aromatic heterocycles. The quantitative estimate of drug-likeness (QED) is 0.137. The van der Waals surface area contributed by atoms with E-state index in [0.29, 0.717) is 34.0 Å². The number of anilines is 2. The van der Waals surface area contributed by atoms with Gasteiger partial charge >= 0.3 is 16.5 Å². The summed E-state index contributed by atoms with van der Waals surface area (Å²) < 4.78 is 63.4. The molecule has 2 heterocycles. The summed E-state index contributed by atoms with van der Waals surface area (Å²) in [6.45, 7) is 3.33. The molecule has 0 aliphatic carbocycles. The van der Waals surface area contributed by atoms with Crippen LogP contribution in [0.1, 0.15) is 22.6 Å². The molecule has 0 radical (unpaired) electrons. The van der Waals surface area contributed by atoms with Gasteiger partial charge in [-0.3, -0.25) is 19.4 Å². The molecule has 14 nitrogen and oxygen atoms in total. The minimum atomic E-state index is -3.76. The molecule has 0 spiro atoms. The van der Waals surface area contributed by atoms with Gasteiger partial charge in [0.1, 0.15) is 11.5 Å². The van der Waals surface area contributed by atoms with Crippen LogP contribution in [-0.2, 0) is 36.5 Å². The van der Waals surface area contributed by atoms with Crippen LogP contribution in [-0.4, -0.2) is 39.6 Å². The van der Waals surface area contributed by atoms with E-state index in [1.54, 1.807) is 74.5 Å². The van der Waals surface area contributed by atoms with Crippen molar-refractivity contribution in [3.63, 3.8) is 0 Å². The Kier molecular flexibility index (Phi) is 12.5. The molecule has 0 atom stereocenters. The van der Waals surface area contributed by atoms with E-state index in [1.807, 2.05) is 0 Å². The zero-order valence-electron chi connectivity index (χ0n) is 26.7. The van der Waals surface area contributed by atoms with E-state index in [2.05, 4.69) is 29.7 Å². The maximum Gasteiger partial charge on any atom is 2.00 e. The first-order valence-corrected chi connectivity index (χ1v) is 17.6. The van der Waals surface area contributed by atoms with Gasteiger partial charge in [0, 0.05) is 24.6 Å². The Morgan fingerprint density at radius 1 is 0.588 bits per heavy atom. The molecule has 264 valence electrons. The number of aromatic nitrogens is 2. The summed E-state index contributed by atoms with van der Waals surface area (Å²) in [6, 6.07) is 27.9. The van der Waals surface area contributed by atoms with E-state index in [9.17, 15) is 27.0 Å². The molecule has 2 N–H and O–H groups in total. The number of hydrogen-bond donors (Lipinski definition) is 2. The van der Waals surface area contributed by atoms with Crippen molar-refractivity contribution in [3.8, 4) is 11.5 Å².